The van der Waals surface area contributed by atoms with Gasteiger partial charge in [0.1, 0.15) is 0 Å². The van der Waals surface area contributed by atoms with E-state index in [2.05, 4.69) is 25.2 Å². The fourth-order valence-corrected chi connectivity index (χ4v) is 1.54. The van der Waals surface area contributed by atoms with E-state index in [1.807, 2.05) is 6.08 Å². The zero-order valence-corrected chi connectivity index (χ0v) is 7.05. The van der Waals surface area contributed by atoms with Crippen molar-refractivity contribution in [2.45, 2.75) is 12.8 Å². The predicted molar refractivity (Wildman–Crippen MR) is 47.2 cm³/mol. The third-order valence-electron chi connectivity index (χ3n) is 2.09. The molecule has 11 heavy (non-hydrogen) atoms. The van der Waals surface area contributed by atoms with Crippen LogP contribution in [0.5, 0.6) is 0 Å². The van der Waals surface area contributed by atoms with Gasteiger partial charge in [-0.15, -0.1) is 6.58 Å². The maximum Gasteiger partial charge on any atom is 0.0556 e. The summed E-state index contributed by atoms with van der Waals surface area (Å²) in [4.78, 5) is 0. The van der Waals surface area contributed by atoms with E-state index >= 15 is 0 Å². The van der Waals surface area contributed by atoms with Gasteiger partial charge in [0.15, 0.2) is 0 Å². The Balaban J connectivity index is 2.55. The Bertz CT molecular complexity index is 160. The molecule has 1 aliphatic carbocycles. The monoisotopic (exact) mass is 151 g/mol. The summed E-state index contributed by atoms with van der Waals surface area (Å²) in [6, 6.07) is 0. The summed E-state index contributed by atoms with van der Waals surface area (Å²) in [5.41, 5.74) is 0.219. The number of hydrogen-bond acceptors (Lipinski definition) is 1. The van der Waals surface area contributed by atoms with Crippen molar-refractivity contribution in [3.63, 3.8) is 0 Å². The van der Waals surface area contributed by atoms with E-state index in [0.717, 1.165) is 19.4 Å². The minimum Gasteiger partial charge on any atom is -0.384 e. The number of rotatable bonds is 4. The highest BCUT2D eigenvalue weighted by Gasteiger charge is 2.27. The molecule has 0 saturated heterocycles. The SMILES string of the molecule is C=CCC1(COC)C=C[CH]C1. The highest BCUT2D eigenvalue weighted by Crippen LogP contribution is 2.35. The molecule has 1 unspecified atom stereocenters. The second-order valence-corrected chi connectivity index (χ2v) is 3.09. The normalized spacial score (nSPS) is 29.2. The second kappa shape index (κ2) is 3.72. The van der Waals surface area contributed by atoms with Gasteiger partial charge in [-0.05, 0) is 19.3 Å². The zero-order valence-electron chi connectivity index (χ0n) is 7.05. The molecule has 0 spiro atoms. The highest BCUT2D eigenvalue weighted by molar-refractivity contribution is 5.16. The molecule has 0 aromatic carbocycles. The van der Waals surface area contributed by atoms with Crippen LogP contribution in [0.2, 0.25) is 0 Å². The van der Waals surface area contributed by atoms with Crippen LogP contribution in [0.4, 0.5) is 0 Å². The fraction of sp³-hybridized carbons (Fsp3) is 0.500. The lowest BCUT2D eigenvalue weighted by molar-refractivity contribution is 0.116. The van der Waals surface area contributed by atoms with Crippen LogP contribution in [-0.2, 0) is 4.74 Å². The van der Waals surface area contributed by atoms with Crippen molar-refractivity contribution in [2.24, 2.45) is 5.41 Å². The Morgan fingerprint density at radius 1 is 1.73 bits per heavy atom. The number of ether oxygens (including phenoxy) is 1. The second-order valence-electron chi connectivity index (χ2n) is 3.09. The van der Waals surface area contributed by atoms with Gasteiger partial charge < -0.3 is 4.74 Å². The third kappa shape index (κ3) is 1.93. The molecule has 0 N–H and O–H groups in total. The van der Waals surface area contributed by atoms with Crippen molar-refractivity contribution < 1.29 is 4.74 Å². The van der Waals surface area contributed by atoms with Gasteiger partial charge in [-0.2, -0.15) is 0 Å². The molecule has 1 aliphatic rings. The van der Waals surface area contributed by atoms with Crippen LogP contribution in [0.15, 0.2) is 24.8 Å². The minimum atomic E-state index is 0.219. The first-order chi connectivity index (χ1) is 5.33. The molecule has 0 heterocycles. The summed E-state index contributed by atoms with van der Waals surface area (Å²) >= 11 is 0. The first-order valence-electron chi connectivity index (χ1n) is 3.94. The Morgan fingerprint density at radius 3 is 3.00 bits per heavy atom. The van der Waals surface area contributed by atoms with E-state index in [-0.39, 0.29) is 5.41 Å². The van der Waals surface area contributed by atoms with Crippen molar-refractivity contribution >= 4 is 0 Å². The quantitative estimate of drug-likeness (QED) is 0.560. The average molecular weight is 151 g/mol. The summed E-state index contributed by atoms with van der Waals surface area (Å²) in [6.45, 7) is 4.55. The lowest BCUT2D eigenvalue weighted by atomic mass is 9.85. The molecule has 1 rings (SSSR count). The fourth-order valence-electron chi connectivity index (χ4n) is 1.54. The molecule has 0 amide bonds. The molecule has 0 bridgehead atoms. The molecule has 1 radical (unpaired) electrons. The van der Waals surface area contributed by atoms with Crippen molar-refractivity contribution in [3.05, 3.63) is 31.2 Å². The van der Waals surface area contributed by atoms with Crippen LogP contribution in [0.1, 0.15) is 12.8 Å². The van der Waals surface area contributed by atoms with E-state index in [0.29, 0.717) is 0 Å². The predicted octanol–water partition coefficient (Wildman–Crippen LogP) is 2.36. The highest BCUT2D eigenvalue weighted by atomic mass is 16.5. The van der Waals surface area contributed by atoms with Gasteiger partial charge in [0.2, 0.25) is 0 Å². The van der Waals surface area contributed by atoms with E-state index in [1.165, 1.54) is 0 Å². The molecule has 0 aromatic heterocycles. The van der Waals surface area contributed by atoms with Gasteiger partial charge >= 0.3 is 0 Å². The topological polar surface area (TPSA) is 9.23 Å². The Hall–Kier alpha value is -0.560. The van der Waals surface area contributed by atoms with Gasteiger partial charge in [0.25, 0.3) is 0 Å². The summed E-state index contributed by atoms with van der Waals surface area (Å²) in [6.07, 6.45) is 10.6. The molecule has 0 aromatic rings. The molecular weight excluding hydrogens is 136 g/mol. The molecule has 1 atom stereocenters. The van der Waals surface area contributed by atoms with E-state index in [1.54, 1.807) is 7.11 Å². The Labute approximate surface area is 68.8 Å². The van der Waals surface area contributed by atoms with Crippen LogP contribution >= 0.6 is 0 Å². The van der Waals surface area contributed by atoms with Gasteiger partial charge in [-0.1, -0.05) is 18.2 Å². The third-order valence-corrected chi connectivity index (χ3v) is 2.09. The standard InChI is InChI=1S/C10H15O/c1-3-6-10(9-11-2)7-4-5-8-10/h3-5,7H,1,6,8-9H2,2H3. The largest absolute Gasteiger partial charge is 0.384 e. The first kappa shape index (κ1) is 8.54. The van der Waals surface area contributed by atoms with Crippen molar-refractivity contribution in [1.82, 2.24) is 0 Å². The van der Waals surface area contributed by atoms with Crippen molar-refractivity contribution in [1.29, 1.82) is 0 Å². The molecular formula is C10H15O. The van der Waals surface area contributed by atoms with Gasteiger partial charge in [-0.25, -0.2) is 0 Å². The summed E-state index contributed by atoms with van der Waals surface area (Å²) in [5, 5.41) is 0. The van der Waals surface area contributed by atoms with Crippen molar-refractivity contribution in [2.75, 3.05) is 13.7 Å². The van der Waals surface area contributed by atoms with Crippen LogP contribution < -0.4 is 0 Å². The van der Waals surface area contributed by atoms with E-state index in [4.69, 9.17) is 4.74 Å². The average Bonchev–Trinajstić information content (AvgIpc) is 2.39. The Kier molecular flexibility index (Phi) is 2.89. The number of allylic oxidation sites excluding steroid dienone is 2. The van der Waals surface area contributed by atoms with Gasteiger partial charge in [-0.3, -0.25) is 0 Å². The zero-order chi connectivity index (χ0) is 8.16. The maximum absolute atomic E-state index is 5.16. The van der Waals surface area contributed by atoms with Crippen LogP contribution in [0.25, 0.3) is 0 Å². The lowest BCUT2D eigenvalue weighted by Crippen LogP contribution is -2.20. The summed E-state index contributed by atoms with van der Waals surface area (Å²) < 4.78 is 5.16. The van der Waals surface area contributed by atoms with Crippen LogP contribution in [0, 0.1) is 11.8 Å². The van der Waals surface area contributed by atoms with Gasteiger partial charge in [0.05, 0.1) is 6.61 Å². The molecule has 0 saturated carbocycles. The van der Waals surface area contributed by atoms with Crippen LogP contribution in [-0.4, -0.2) is 13.7 Å². The van der Waals surface area contributed by atoms with E-state index in [9.17, 15) is 0 Å². The molecule has 1 nitrogen and oxygen atoms in total. The smallest absolute Gasteiger partial charge is 0.0556 e. The summed E-state index contributed by atoms with van der Waals surface area (Å²) in [5.74, 6) is 0. The van der Waals surface area contributed by atoms with Crippen LogP contribution in [0.3, 0.4) is 0 Å². The molecule has 0 fully saturated rings. The minimum absolute atomic E-state index is 0.219. The van der Waals surface area contributed by atoms with Gasteiger partial charge in [0, 0.05) is 12.5 Å². The first-order valence-corrected chi connectivity index (χ1v) is 3.94. The number of hydrogen-bond donors (Lipinski definition) is 0. The van der Waals surface area contributed by atoms with E-state index < -0.39 is 0 Å². The van der Waals surface area contributed by atoms with Crippen molar-refractivity contribution in [3.8, 4) is 0 Å². The maximum atomic E-state index is 5.16. The summed E-state index contributed by atoms with van der Waals surface area (Å²) in [7, 11) is 1.75. The molecule has 1 heteroatoms. The number of methoxy groups -OCH3 is 1. The lowest BCUT2D eigenvalue weighted by Gasteiger charge is -2.24. The molecule has 61 valence electrons. The Morgan fingerprint density at radius 2 is 2.55 bits per heavy atom. The molecule has 0 aliphatic heterocycles.